The Kier molecular flexibility index (Phi) is 4.58. The van der Waals surface area contributed by atoms with Gasteiger partial charge in [0.15, 0.2) is 0 Å². The maximum Gasteiger partial charge on any atom is 0.438 e. The van der Waals surface area contributed by atoms with E-state index in [0.29, 0.717) is 0 Å². The first kappa shape index (κ1) is 20.3. The molecule has 1 aliphatic heterocycles. The quantitative estimate of drug-likeness (QED) is 0.510. The van der Waals surface area contributed by atoms with Crippen LogP contribution in [0, 0.1) is 0 Å². The molecule has 0 aromatic heterocycles. The maximum absolute atomic E-state index is 12.6. The van der Waals surface area contributed by atoms with Crippen molar-refractivity contribution >= 4 is 11.7 Å². The Morgan fingerprint density at radius 3 is 1.46 bits per heavy atom. The molecule has 140 valence electrons. The zero-order chi connectivity index (χ0) is 19.4. The third kappa shape index (κ3) is 3.53. The molecule has 0 aromatic rings. The van der Waals surface area contributed by atoms with Crippen molar-refractivity contribution in [1.82, 2.24) is 0 Å². The highest BCUT2D eigenvalue weighted by Gasteiger charge is 2.77. The van der Waals surface area contributed by atoms with Crippen LogP contribution in [0.15, 0.2) is 4.99 Å². The van der Waals surface area contributed by atoms with E-state index in [-0.39, 0.29) is 0 Å². The third-order valence-electron chi connectivity index (χ3n) is 2.74. The molecule has 1 rings (SSSR count). The van der Waals surface area contributed by atoms with Crippen molar-refractivity contribution in [2.24, 2.45) is 4.99 Å². The maximum atomic E-state index is 12.6. The molecule has 1 aliphatic rings. The second kappa shape index (κ2) is 5.40. The van der Waals surface area contributed by atoms with Crippen LogP contribution in [0.25, 0.3) is 0 Å². The van der Waals surface area contributed by atoms with Gasteiger partial charge in [-0.05, 0) is 0 Å². The van der Waals surface area contributed by atoms with Gasteiger partial charge < -0.3 is 4.74 Å². The van der Waals surface area contributed by atoms with Crippen molar-refractivity contribution in [2.75, 3.05) is 0 Å². The first-order valence-electron chi connectivity index (χ1n) is 5.40. The van der Waals surface area contributed by atoms with Gasteiger partial charge in [0.1, 0.15) is 5.71 Å². The summed E-state index contributed by atoms with van der Waals surface area (Å²) in [6.07, 6.45) is -27.8. The Bertz CT molecular complexity index is 509. The highest BCUT2D eigenvalue weighted by molar-refractivity contribution is 6.38. The zero-order valence-corrected chi connectivity index (χ0v) is 10.6. The molecule has 1 fully saturated rings. The molecule has 0 amide bonds. The molecule has 0 N–H and O–H groups in total. The Balaban J connectivity index is 3.41. The number of ether oxygens (including phenoxy) is 1. The molecule has 0 atom stereocenters. The number of hydrogen-bond donors (Lipinski definition) is 0. The highest BCUT2D eigenvalue weighted by atomic mass is 19.4. The monoisotopic (exact) mass is 385 g/mol. The lowest BCUT2D eigenvalue weighted by atomic mass is 9.97. The lowest BCUT2D eigenvalue weighted by molar-refractivity contribution is -0.360. The van der Waals surface area contributed by atoms with Crippen LogP contribution in [-0.2, 0) is 9.53 Å². The second-order valence-corrected chi connectivity index (χ2v) is 4.45. The molecule has 3 nitrogen and oxygen atoms in total. The Labute approximate surface area is 123 Å². The van der Waals surface area contributed by atoms with Crippen molar-refractivity contribution in [3.63, 3.8) is 0 Å². The van der Waals surface area contributed by atoms with E-state index in [1.807, 2.05) is 0 Å². The summed E-state index contributed by atoms with van der Waals surface area (Å²) in [6.45, 7) is 0. The fourth-order valence-corrected chi connectivity index (χ4v) is 1.62. The van der Waals surface area contributed by atoms with Crippen LogP contribution in [0.5, 0.6) is 0 Å². The molecular weight excluding hydrogens is 382 g/mol. The van der Waals surface area contributed by atoms with Gasteiger partial charge in [0.2, 0.25) is 6.04 Å². The number of esters is 1. The number of rotatable bonds is 1. The van der Waals surface area contributed by atoms with Crippen LogP contribution < -0.4 is 0 Å². The summed E-state index contributed by atoms with van der Waals surface area (Å²) in [6, 6.07) is -4.68. The van der Waals surface area contributed by atoms with E-state index < -0.39 is 54.4 Å². The minimum atomic E-state index is -6.34. The average molecular weight is 385 g/mol. The molecule has 1 saturated heterocycles. The van der Waals surface area contributed by atoms with Gasteiger partial charge in [-0.2, -0.15) is 52.7 Å². The number of hydrogen-bond acceptors (Lipinski definition) is 3. The van der Waals surface area contributed by atoms with Gasteiger partial charge in [-0.3, -0.25) is 4.99 Å². The molecule has 0 bridgehead atoms. The largest absolute Gasteiger partial charge is 0.438 e. The number of cyclic esters (lactones) is 1. The average Bonchev–Trinajstić information content (AvgIpc) is 2.60. The smallest absolute Gasteiger partial charge is 0.434 e. The fraction of sp³-hybridized carbons (Fsp3) is 0.778. The molecule has 24 heavy (non-hydrogen) atoms. The van der Waals surface area contributed by atoms with Crippen LogP contribution in [0.1, 0.15) is 6.42 Å². The van der Waals surface area contributed by atoms with Crippen molar-refractivity contribution in [3.05, 3.63) is 0 Å². The SMILES string of the molecule is O=C1OC(C(F)(F)F)(C(F)(F)F)CC1=NC(C(F)(F)F)C(F)(F)F. The molecule has 0 unspecified atom stereocenters. The van der Waals surface area contributed by atoms with Crippen LogP contribution in [0.2, 0.25) is 0 Å². The van der Waals surface area contributed by atoms with Gasteiger partial charge in [-0.15, -0.1) is 0 Å². The summed E-state index contributed by atoms with van der Waals surface area (Å²) >= 11 is 0. The van der Waals surface area contributed by atoms with E-state index >= 15 is 0 Å². The highest BCUT2D eigenvalue weighted by Crippen LogP contribution is 2.51. The van der Waals surface area contributed by atoms with Gasteiger partial charge in [0.05, 0.1) is 6.42 Å². The van der Waals surface area contributed by atoms with Crippen molar-refractivity contribution in [1.29, 1.82) is 0 Å². The standard InChI is InChI=1S/C9H3F12NO2/c10-6(11,12)4(7(13,14)15)22-2-1-5(8(16,17)18,9(19,20)21)24-3(2)23/h4H,1H2. The van der Waals surface area contributed by atoms with Crippen LogP contribution in [-0.4, -0.2) is 48.0 Å². The van der Waals surface area contributed by atoms with Crippen LogP contribution in [0.3, 0.4) is 0 Å². The third-order valence-corrected chi connectivity index (χ3v) is 2.74. The van der Waals surface area contributed by atoms with Gasteiger partial charge in [0, 0.05) is 0 Å². The molecule has 0 aliphatic carbocycles. The molecule has 15 heteroatoms. The van der Waals surface area contributed by atoms with E-state index in [4.69, 9.17) is 0 Å². The van der Waals surface area contributed by atoms with E-state index in [0.717, 1.165) is 0 Å². The van der Waals surface area contributed by atoms with E-state index in [1.165, 1.54) is 0 Å². The summed E-state index contributed by atoms with van der Waals surface area (Å²) < 4.78 is 152. The fourth-order valence-electron chi connectivity index (χ4n) is 1.62. The van der Waals surface area contributed by atoms with Crippen LogP contribution >= 0.6 is 0 Å². The molecule has 0 saturated carbocycles. The first-order valence-corrected chi connectivity index (χ1v) is 5.40. The lowest BCUT2D eigenvalue weighted by Crippen LogP contribution is -2.56. The van der Waals surface area contributed by atoms with E-state index in [1.54, 1.807) is 4.99 Å². The predicted molar refractivity (Wildman–Crippen MR) is 48.9 cm³/mol. The number of halogens is 12. The number of nitrogens with zero attached hydrogens (tertiary/aromatic N) is 1. The molecule has 0 aromatic carbocycles. The number of carbonyl (C=O) groups is 1. The summed E-state index contributed by atoms with van der Waals surface area (Å²) in [5, 5.41) is 0. The molecule has 1 heterocycles. The summed E-state index contributed by atoms with van der Waals surface area (Å²) in [5.74, 6) is -2.68. The normalized spacial score (nSPS) is 21.5. The van der Waals surface area contributed by atoms with Crippen LogP contribution in [0.4, 0.5) is 52.7 Å². The molecular formula is C9H3F12NO2. The van der Waals surface area contributed by atoms with Crippen molar-refractivity contribution in [2.45, 2.75) is 42.8 Å². The topological polar surface area (TPSA) is 38.7 Å². The lowest BCUT2D eigenvalue weighted by Gasteiger charge is -2.31. The summed E-state index contributed by atoms with van der Waals surface area (Å²) in [7, 11) is 0. The van der Waals surface area contributed by atoms with Gasteiger partial charge in [0.25, 0.3) is 0 Å². The first-order chi connectivity index (χ1) is 10.3. The Hall–Kier alpha value is -1.70. The van der Waals surface area contributed by atoms with Gasteiger partial charge in [-0.25, -0.2) is 4.79 Å². The predicted octanol–water partition coefficient (Wildman–Crippen LogP) is 3.73. The van der Waals surface area contributed by atoms with E-state index in [2.05, 4.69) is 4.74 Å². The summed E-state index contributed by atoms with van der Waals surface area (Å²) in [5.41, 5.74) is -7.54. The molecule has 0 spiro atoms. The molecule has 0 radical (unpaired) electrons. The number of aliphatic imine (C=N–C) groups is 1. The van der Waals surface area contributed by atoms with Crippen molar-refractivity contribution < 1.29 is 62.2 Å². The van der Waals surface area contributed by atoms with Crippen molar-refractivity contribution in [3.8, 4) is 0 Å². The van der Waals surface area contributed by atoms with Gasteiger partial charge in [-0.1, -0.05) is 0 Å². The second-order valence-electron chi connectivity index (χ2n) is 4.45. The van der Waals surface area contributed by atoms with E-state index in [9.17, 15) is 57.5 Å². The Morgan fingerprint density at radius 1 is 0.833 bits per heavy atom. The number of alkyl halides is 12. The Morgan fingerprint density at radius 2 is 1.21 bits per heavy atom. The summed E-state index contributed by atoms with van der Waals surface area (Å²) in [4.78, 5) is 12.7. The zero-order valence-electron chi connectivity index (χ0n) is 10.6. The minimum absolute atomic E-state index is 1.71. The minimum Gasteiger partial charge on any atom is -0.434 e. The number of carbonyl (C=O) groups excluding carboxylic acids is 1. The van der Waals surface area contributed by atoms with Gasteiger partial charge >= 0.3 is 36.3 Å².